The van der Waals surface area contributed by atoms with Gasteiger partial charge in [-0.1, -0.05) is 18.1 Å². The smallest absolute Gasteiger partial charge is 0.0660 e. The molecule has 1 heterocycles. The maximum absolute atomic E-state index is 5.29. The van der Waals surface area contributed by atoms with Crippen LogP contribution >= 0.6 is 0 Å². The minimum atomic E-state index is 0.115. The van der Waals surface area contributed by atoms with Gasteiger partial charge in [-0.05, 0) is 30.0 Å². The molecule has 2 rings (SSSR count). The molecule has 2 aromatic rings. The second-order valence-electron chi connectivity index (χ2n) is 3.67. The molecule has 1 unspecified atom stereocenters. The van der Waals surface area contributed by atoms with Gasteiger partial charge in [-0.2, -0.15) is 0 Å². The summed E-state index contributed by atoms with van der Waals surface area (Å²) in [6.07, 6.45) is 7.24. The number of H-pyrrole nitrogens is 1. The fourth-order valence-electron chi connectivity index (χ4n) is 1.53. The van der Waals surface area contributed by atoms with Crippen LogP contribution in [0.25, 0.3) is 10.9 Å². The second-order valence-corrected chi connectivity index (χ2v) is 3.67. The zero-order chi connectivity index (χ0) is 10.7. The number of rotatable bonds is 3. The number of terminal acetylenes is 1. The molecule has 0 aliphatic rings. The number of nitrogens with one attached hydrogen (secondary N) is 2. The van der Waals surface area contributed by atoms with Crippen LogP contribution in [0.1, 0.15) is 12.5 Å². The Morgan fingerprint density at radius 2 is 2.33 bits per heavy atom. The average Bonchev–Trinajstić information content (AvgIpc) is 2.72. The molecule has 0 saturated heterocycles. The summed E-state index contributed by atoms with van der Waals surface area (Å²) in [5.74, 6) is 2.65. The SMILES string of the molecule is C#CC(C)NCc1ccc2cc[nH]c2c1. The van der Waals surface area contributed by atoms with Crippen molar-refractivity contribution in [2.45, 2.75) is 19.5 Å². The van der Waals surface area contributed by atoms with Gasteiger partial charge in [0, 0.05) is 18.3 Å². The molecule has 2 heteroatoms. The number of hydrogen-bond acceptors (Lipinski definition) is 1. The Bertz CT molecular complexity index is 490. The van der Waals surface area contributed by atoms with Gasteiger partial charge in [0.15, 0.2) is 0 Å². The molecular weight excluding hydrogens is 184 g/mol. The Balaban J connectivity index is 2.12. The molecule has 1 aromatic carbocycles. The van der Waals surface area contributed by atoms with E-state index in [1.807, 2.05) is 13.1 Å². The van der Waals surface area contributed by atoms with Gasteiger partial charge < -0.3 is 4.98 Å². The standard InChI is InChI=1S/C13H14N2/c1-3-10(2)15-9-11-4-5-12-6-7-14-13(12)8-11/h1,4-8,10,14-15H,9H2,2H3. The number of fused-ring (bicyclic) bond motifs is 1. The van der Waals surface area contributed by atoms with Gasteiger partial charge in [0.05, 0.1) is 6.04 Å². The zero-order valence-corrected chi connectivity index (χ0v) is 8.75. The predicted molar refractivity (Wildman–Crippen MR) is 63.4 cm³/mol. The molecule has 0 saturated carbocycles. The van der Waals surface area contributed by atoms with Crippen LogP contribution in [0, 0.1) is 12.3 Å². The highest BCUT2D eigenvalue weighted by atomic mass is 14.9. The van der Waals surface area contributed by atoms with E-state index in [-0.39, 0.29) is 6.04 Å². The molecule has 1 atom stereocenters. The van der Waals surface area contributed by atoms with E-state index < -0.39 is 0 Å². The normalized spacial score (nSPS) is 12.5. The van der Waals surface area contributed by atoms with E-state index >= 15 is 0 Å². The van der Waals surface area contributed by atoms with E-state index in [0.29, 0.717) is 0 Å². The molecule has 2 N–H and O–H groups in total. The number of aromatic nitrogens is 1. The van der Waals surface area contributed by atoms with Crippen molar-refractivity contribution in [1.29, 1.82) is 0 Å². The van der Waals surface area contributed by atoms with Crippen LogP contribution in [0.2, 0.25) is 0 Å². The summed E-state index contributed by atoms with van der Waals surface area (Å²) in [7, 11) is 0. The first-order valence-corrected chi connectivity index (χ1v) is 5.05. The van der Waals surface area contributed by atoms with Gasteiger partial charge in [-0.25, -0.2) is 0 Å². The third-order valence-electron chi connectivity index (χ3n) is 2.48. The Morgan fingerprint density at radius 1 is 1.47 bits per heavy atom. The topological polar surface area (TPSA) is 27.8 Å². The van der Waals surface area contributed by atoms with E-state index in [4.69, 9.17) is 6.42 Å². The largest absolute Gasteiger partial charge is 0.361 e. The lowest BCUT2D eigenvalue weighted by Crippen LogP contribution is -2.23. The van der Waals surface area contributed by atoms with Crippen molar-refractivity contribution in [2.75, 3.05) is 0 Å². The molecule has 15 heavy (non-hydrogen) atoms. The number of benzene rings is 1. The molecule has 1 aromatic heterocycles. The lowest BCUT2D eigenvalue weighted by Gasteiger charge is -2.07. The fourth-order valence-corrected chi connectivity index (χ4v) is 1.53. The van der Waals surface area contributed by atoms with Gasteiger partial charge in [0.25, 0.3) is 0 Å². The molecular formula is C13H14N2. The van der Waals surface area contributed by atoms with Crippen LogP contribution in [0.4, 0.5) is 0 Å². The van der Waals surface area contributed by atoms with Crippen molar-refractivity contribution in [3.8, 4) is 12.3 Å². The van der Waals surface area contributed by atoms with Crippen molar-refractivity contribution >= 4 is 10.9 Å². The Kier molecular flexibility index (Phi) is 2.75. The zero-order valence-electron chi connectivity index (χ0n) is 8.75. The second kappa shape index (κ2) is 4.20. The minimum Gasteiger partial charge on any atom is -0.361 e. The summed E-state index contributed by atoms with van der Waals surface area (Å²) >= 11 is 0. The van der Waals surface area contributed by atoms with Crippen LogP contribution in [0.15, 0.2) is 30.5 Å². The fraction of sp³-hybridized carbons (Fsp3) is 0.231. The van der Waals surface area contributed by atoms with Gasteiger partial charge >= 0.3 is 0 Å². The Hall–Kier alpha value is -1.72. The monoisotopic (exact) mass is 198 g/mol. The van der Waals surface area contributed by atoms with Crippen LogP contribution in [-0.2, 0) is 6.54 Å². The quantitative estimate of drug-likeness (QED) is 0.727. The Labute approximate surface area is 89.7 Å². The summed E-state index contributed by atoms with van der Waals surface area (Å²) in [5.41, 5.74) is 2.41. The number of hydrogen-bond donors (Lipinski definition) is 2. The summed E-state index contributed by atoms with van der Waals surface area (Å²) in [6, 6.07) is 8.56. The summed E-state index contributed by atoms with van der Waals surface area (Å²) < 4.78 is 0. The highest BCUT2D eigenvalue weighted by molar-refractivity contribution is 5.79. The third kappa shape index (κ3) is 2.20. The lowest BCUT2D eigenvalue weighted by atomic mass is 10.1. The van der Waals surface area contributed by atoms with Gasteiger partial charge in [-0.15, -0.1) is 6.42 Å². The van der Waals surface area contributed by atoms with Crippen molar-refractivity contribution in [2.24, 2.45) is 0 Å². The summed E-state index contributed by atoms with van der Waals surface area (Å²) in [4.78, 5) is 3.19. The first kappa shape index (κ1) is 9.82. The van der Waals surface area contributed by atoms with E-state index in [1.54, 1.807) is 0 Å². The molecule has 76 valence electrons. The lowest BCUT2D eigenvalue weighted by molar-refractivity contribution is 0.648. The maximum atomic E-state index is 5.29. The molecule has 0 aliphatic carbocycles. The first-order chi connectivity index (χ1) is 7.29. The predicted octanol–water partition coefficient (Wildman–Crippen LogP) is 2.28. The van der Waals surface area contributed by atoms with Crippen molar-refractivity contribution < 1.29 is 0 Å². The van der Waals surface area contributed by atoms with Gasteiger partial charge in [0.2, 0.25) is 0 Å². The highest BCUT2D eigenvalue weighted by Crippen LogP contribution is 2.13. The van der Waals surface area contributed by atoms with E-state index in [2.05, 4.69) is 40.5 Å². The van der Waals surface area contributed by atoms with Crippen molar-refractivity contribution in [3.63, 3.8) is 0 Å². The summed E-state index contributed by atoms with van der Waals surface area (Å²) in [5, 5.41) is 4.50. The van der Waals surface area contributed by atoms with Gasteiger partial charge in [0.1, 0.15) is 0 Å². The Morgan fingerprint density at radius 3 is 3.13 bits per heavy atom. The van der Waals surface area contributed by atoms with Crippen LogP contribution < -0.4 is 5.32 Å². The highest BCUT2D eigenvalue weighted by Gasteiger charge is 1.99. The molecule has 0 radical (unpaired) electrons. The molecule has 0 fully saturated rings. The summed E-state index contributed by atoms with van der Waals surface area (Å²) in [6.45, 7) is 2.79. The average molecular weight is 198 g/mol. The first-order valence-electron chi connectivity index (χ1n) is 5.05. The van der Waals surface area contributed by atoms with E-state index in [9.17, 15) is 0 Å². The molecule has 0 bridgehead atoms. The van der Waals surface area contributed by atoms with Crippen LogP contribution in [0.5, 0.6) is 0 Å². The van der Waals surface area contributed by atoms with Gasteiger partial charge in [-0.3, -0.25) is 5.32 Å². The minimum absolute atomic E-state index is 0.115. The van der Waals surface area contributed by atoms with Crippen molar-refractivity contribution in [1.82, 2.24) is 10.3 Å². The third-order valence-corrected chi connectivity index (χ3v) is 2.48. The molecule has 0 spiro atoms. The maximum Gasteiger partial charge on any atom is 0.0660 e. The van der Waals surface area contributed by atoms with Crippen LogP contribution in [0.3, 0.4) is 0 Å². The number of aromatic amines is 1. The van der Waals surface area contributed by atoms with E-state index in [0.717, 1.165) is 6.54 Å². The van der Waals surface area contributed by atoms with Crippen molar-refractivity contribution in [3.05, 3.63) is 36.0 Å². The molecule has 2 nitrogen and oxygen atoms in total. The van der Waals surface area contributed by atoms with Crippen LogP contribution in [-0.4, -0.2) is 11.0 Å². The van der Waals surface area contributed by atoms with E-state index in [1.165, 1.54) is 16.5 Å². The molecule has 0 aliphatic heterocycles. The molecule has 0 amide bonds.